The Hall–Kier alpha value is -2.90. The van der Waals surface area contributed by atoms with Gasteiger partial charge in [-0.3, -0.25) is 19.8 Å². The van der Waals surface area contributed by atoms with E-state index < -0.39 is 17.9 Å². The minimum Gasteiger partial charge on any atom is -0.481 e. The van der Waals surface area contributed by atoms with Crippen LogP contribution in [-0.2, 0) is 14.4 Å². The van der Waals surface area contributed by atoms with Gasteiger partial charge in [-0.15, -0.1) is 0 Å². The first-order valence-electron chi connectivity index (χ1n) is 8.55. The second kappa shape index (κ2) is 8.46. The minimum atomic E-state index is -0.980. The number of nitrogens with zero attached hydrogens (tertiary/aromatic N) is 1. The van der Waals surface area contributed by atoms with Crippen LogP contribution >= 0.6 is 0 Å². The van der Waals surface area contributed by atoms with Gasteiger partial charge in [0.1, 0.15) is 5.84 Å². The van der Waals surface area contributed by atoms with Gasteiger partial charge in [0.2, 0.25) is 11.8 Å². The summed E-state index contributed by atoms with van der Waals surface area (Å²) < 4.78 is 0. The molecular formula is C18H24N4O4. The maximum atomic E-state index is 12.7. The number of rotatable bonds is 7. The number of piperidine rings is 1. The molecule has 1 heterocycles. The van der Waals surface area contributed by atoms with E-state index in [1.54, 1.807) is 36.1 Å². The number of carbonyl (C=O) groups excluding carboxylic acids is 2. The van der Waals surface area contributed by atoms with E-state index in [9.17, 15) is 14.4 Å². The molecule has 140 valence electrons. The lowest BCUT2D eigenvalue weighted by molar-refractivity contribution is -0.138. The van der Waals surface area contributed by atoms with Crippen LogP contribution in [0, 0.1) is 11.3 Å². The van der Waals surface area contributed by atoms with Gasteiger partial charge < -0.3 is 21.1 Å². The molecule has 0 aliphatic carbocycles. The standard InChI is InChI=1S/C18H24N4O4/c1-11(9-16(24)25)21-15(23)10-13-3-2-8-22(18(13)26)14-6-4-12(5-7-14)17(19)20/h4-7,11,13H,2-3,8-10H2,1H3,(H3,19,20)(H,21,23)(H,24,25)/t11-,13?/m0/s1. The van der Waals surface area contributed by atoms with Gasteiger partial charge in [-0.05, 0) is 44.0 Å². The van der Waals surface area contributed by atoms with Crippen molar-refractivity contribution < 1.29 is 19.5 Å². The quantitative estimate of drug-likeness (QED) is 0.426. The molecule has 0 radical (unpaired) electrons. The molecule has 0 spiro atoms. The first kappa shape index (κ1) is 19.4. The summed E-state index contributed by atoms with van der Waals surface area (Å²) in [5.41, 5.74) is 6.73. The lowest BCUT2D eigenvalue weighted by atomic mass is 9.92. The molecule has 1 aliphatic rings. The van der Waals surface area contributed by atoms with Gasteiger partial charge in [-0.25, -0.2) is 0 Å². The minimum absolute atomic E-state index is 0.0356. The number of carbonyl (C=O) groups is 3. The summed E-state index contributed by atoms with van der Waals surface area (Å²) in [6, 6.07) is 6.38. The number of benzene rings is 1. The number of nitrogens with two attached hydrogens (primary N) is 1. The maximum Gasteiger partial charge on any atom is 0.305 e. The number of nitrogen functional groups attached to an aromatic ring is 1. The molecule has 8 nitrogen and oxygen atoms in total. The van der Waals surface area contributed by atoms with E-state index in [-0.39, 0.29) is 30.5 Å². The van der Waals surface area contributed by atoms with Crippen molar-refractivity contribution in [2.45, 2.75) is 38.6 Å². The predicted octanol–water partition coefficient (Wildman–Crippen LogP) is 1.08. The van der Waals surface area contributed by atoms with E-state index in [0.29, 0.717) is 24.2 Å². The van der Waals surface area contributed by atoms with E-state index >= 15 is 0 Å². The van der Waals surface area contributed by atoms with E-state index in [0.717, 1.165) is 6.42 Å². The smallest absolute Gasteiger partial charge is 0.305 e. The van der Waals surface area contributed by atoms with E-state index in [4.69, 9.17) is 16.2 Å². The van der Waals surface area contributed by atoms with E-state index in [1.807, 2.05) is 0 Å². The summed E-state index contributed by atoms with van der Waals surface area (Å²) in [6.45, 7) is 2.20. The van der Waals surface area contributed by atoms with Crippen LogP contribution < -0.4 is 16.0 Å². The van der Waals surface area contributed by atoms with Crippen molar-refractivity contribution in [1.29, 1.82) is 5.41 Å². The number of amidine groups is 1. The Morgan fingerprint density at radius 2 is 2.04 bits per heavy atom. The van der Waals surface area contributed by atoms with Crippen molar-refractivity contribution in [2.75, 3.05) is 11.4 Å². The van der Waals surface area contributed by atoms with Crippen LogP contribution in [0.1, 0.15) is 38.2 Å². The second-order valence-electron chi connectivity index (χ2n) is 6.56. The first-order valence-corrected chi connectivity index (χ1v) is 8.55. The highest BCUT2D eigenvalue weighted by Gasteiger charge is 2.31. The molecule has 1 aliphatic heterocycles. The summed E-state index contributed by atoms with van der Waals surface area (Å²) in [6.07, 6.45) is 1.30. The van der Waals surface area contributed by atoms with Gasteiger partial charge in [0.25, 0.3) is 0 Å². The fraction of sp³-hybridized carbons (Fsp3) is 0.444. The molecule has 2 rings (SSSR count). The number of nitrogens with one attached hydrogen (secondary N) is 2. The molecule has 2 amide bonds. The number of carboxylic acids is 1. The lowest BCUT2D eigenvalue weighted by Gasteiger charge is -2.32. The maximum absolute atomic E-state index is 12.7. The molecule has 1 aromatic carbocycles. The highest BCUT2D eigenvalue weighted by Crippen LogP contribution is 2.26. The van der Waals surface area contributed by atoms with Gasteiger partial charge in [-0.1, -0.05) is 0 Å². The second-order valence-corrected chi connectivity index (χ2v) is 6.56. The summed E-state index contributed by atoms with van der Waals surface area (Å²) in [4.78, 5) is 37.1. The average molecular weight is 360 g/mol. The Kier molecular flexibility index (Phi) is 6.32. The average Bonchev–Trinajstić information content (AvgIpc) is 2.56. The Morgan fingerprint density at radius 1 is 1.38 bits per heavy atom. The molecule has 0 saturated carbocycles. The Balaban J connectivity index is 1.99. The van der Waals surface area contributed by atoms with Gasteiger partial charge in [-0.2, -0.15) is 0 Å². The molecule has 0 bridgehead atoms. The van der Waals surface area contributed by atoms with Crippen LogP contribution in [0.4, 0.5) is 5.69 Å². The lowest BCUT2D eigenvalue weighted by Crippen LogP contribution is -2.44. The number of hydrogen-bond donors (Lipinski definition) is 4. The molecule has 0 aromatic heterocycles. The molecule has 1 aromatic rings. The van der Waals surface area contributed by atoms with Crippen LogP contribution in [0.5, 0.6) is 0 Å². The van der Waals surface area contributed by atoms with Gasteiger partial charge in [0.05, 0.1) is 6.42 Å². The van der Waals surface area contributed by atoms with Crippen LogP contribution in [-0.4, -0.2) is 41.3 Å². The van der Waals surface area contributed by atoms with Crippen molar-refractivity contribution in [2.24, 2.45) is 11.7 Å². The predicted molar refractivity (Wildman–Crippen MR) is 97.0 cm³/mol. The summed E-state index contributed by atoms with van der Waals surface area (Å²) in [5, 5.41) is 18.8. The van der Waals surface area contributed by atoms with Crippen molar-refractivity contribution in [3.8, 4) is 0 Å². The summed E-state index contributed by atoms with van der Waals surface area (Å²) in [7, 11) is 0. The van der Waals surface area contributed by atoms with Gasteiger partial charge >= 0.3 is 5.97 Å². The van der Waals surface area contributed by atoms with Crippen molar-refractivity contribution >= 4 is 29.3 Å². The van der Waals surface area contributed by atoms with Crippen molar-refractivity contribution in [1.82, 2.24) is 5.32 Å². The Bertz CT molecular complexity index is 702. The Morgan fingerprint density at radius 3 is 2.62 bits per heavy atom. The Labute approximate surface area is 151 Å². The van der Waals surface area contributed by atoms with Gasteiger partial charge in [0.15, 0.2) is 0 Å². The molecule has 5 N–H and O–H groups in total. The highest BCUT2D eigenvalue weighted by molar-refractivity contribution is 5.99. The molecule has 2 atom stereocenters. The molecule has 1 unspecified atom stereocenters. The molecular weight excluding hydrogens is 336 g/mol. The van der Waals surface area contributed by atoms with Crippen LogP contribution in [0.2, 0.25) is 0 Å². The molecule has 26 heavy (non-hydrogen) atoms. The third-order valence-electron chi connectivity index (χ3n) is 4.36. The van der Waals surface area contributed by atoms with Crippen molar-refractivity contribution in [3.05, 3.63) is 29.8 Å². The van der Waals surface area contributed by atoms with Crippen LogP contribution in [0.15, 0.2) is 24.3 Å². The largest absolute Gasteiger partial charge is 0.481 e. The number of hydrogen-bond acceptors (Lipinski definition) is 4. The fourth-order valence-corrected chi connectivity index (χ4v) is 3.09. The number of carboxylic acid groups (broad SMARTS) is 1. The van der Waals surface area contributed by atoms with Crippen molar-refractivity contribution in [3.63, 3.8) is 0 Å². The normalized spacial score (nSPS) is 18.3. The third-order valence-corrected chi connectivity index (χ3v) is 4.36. The SMILES string of the molecule is C[C@@H](CC(=O)O)NC(=O)CC1CCCN(c2ccc(C(=N)N)cc2)C1=O. The first-order chi connectivity index (χ1) is 12.3. The molecule has 1 fully saturated rings. The number of anilines is 1. The number of amides is 2. The van der Waals surface area contributed by atoms with Crippen LogP contribution in [0.25, 0.3) is 0 Å². The zero-order chi connectivity index (χ0) is 19.3. The molecule has 8 heteroatoms. The summed E-state index contributed by atoms with van der Waals surface area (Å²) in [5.74, 6) is -1.87. The number of aliphatic carboxylic acids is 1. The fourth-order valence-electron chi connectivity index (χ4n) is 3.09. The topological polar surface area (TPSA) is 137 Å². The zero-order valence-electron chi connectivity index (χ0n) is 14.7. The zero-order valence-corrected chi connectivity index (χ0v) is 14.7. The molecule has 1 saturated heterocycles. The summed E-state index contributed by atoms with van der Waals surface area (Å²) >= 11 is 0. The van der Waals surface area contributed by atoms with Crippen LogP contribution in [0.3, 0.4) is 0 Å². The van der Waals surface area contributed by atoms with Gasteiger partial charge in [0, 0.05) is 36.2 Å². The van der Waals surface area contributed by atoms with E-state index in [2.05, 4.69) is 5.32 Å². The highest BCUT2D eigenvalue weighted by atomic mass is 16.4. The monoisotopic (exact) mass is 360 g/mol. The third kappa shape index (κ3) is 5.05. The van der Waals surface area contributed by atoms with E-state index in [1.165, 1.54) is 0 Å².